The van der Waals surface area contributed by atoms with Crippen LogP contribution in [0.25, 0.3) is 0 Å². The van der Waals surface area contributed by atoms with Gasteiger partial charge < -0.3 is 27.4 Å². The molecule has 0 saturated carbocycles. The SMILES string of the molecule is CC(C)=CCC[C@H](C)O.CC(C)=CCC[C@H](C)O.CC(C)=CCC[C@H](C)OS(C)(=O)=O.CC(C)=CCC[C@H](C)OS(C)(=O)=O.CC[C@H](C)CCC=C(C)C.C[C@H]1CO1.[CH2-]C=C(C)C.[Cl-].[Mg+2]. The number of ether oxygens (including phenoxy) is 1. The van der Waals surface area contributed by atoms with Crippen LogP contribution in [-0.4, -0.2) is 99.7 Å². The van der Waals surface area contributed by atoms with Crippen LogP contribution < -0.4 is 12.4 Å². The van der Waals surface area contributed by atoms with Crippen LogP contribution >= 0.6 is 0 Å². The molecule has 1 aliphatic heterocycles. The molecule has 0 aromatic carbocycles. The Morgan fingerprint density at radius 1 is 0.569 bits per heavy atom. The van der Waals surface area contributed by atoms with E-state index in [4.69, 9.17) is 23.3 Å². The van der Waals surface area contributed by atoms with Crippen molar-refractivity contribution in [3.05, 3.63) is 76.8 Å². The molecular formula is C52H103ClMgO9S2. The number of hydrogen-bond acceptors (Lipinski definition) is 9. The van der Waals surface area contributed by atoms with Crippen LogP contribution in [-0.2, 0) is 33.3 Å². The van der Waals surface area contributed by atoms with Gasteiger partial charge in [-0.3, -0.25) is 8.37 Å². The van der Waals surface area contributed by atoms with Crippen molar-refractivity contribution in [3.8, 4) is 0 Å². The van der Waals surface area contributed by atoms with E-state index in [9.17, 15) is 16.8 Å². The fourth-order valence-corrected chi connectivity index (χ4v) is 5.48. The van der Waals surface area contributed by atoms with Gasteiger partial charge in [-0.15, -0.1) is 13.8 Å². The van der Waals surface area contributed by atoms with E-state index >= 15 is 0 Å². The maximum atomic E-state index is 10.7. The molecule has 1 rings (SSSR count). The molecule has 1 saturated heterocycles. The standard InChI is InChI=1S/C10H20.2C9H18O3S.2C8H16O.C5H9.C3H6O.ClH.Mg/c1-5-10(4)8-6-7-9(2)3;2*1-8(2)6-5-7-9(3)12-13(4,10)11;2*1-7(2)5-4-6-8(3)9;1-4-5(2)3;1-3-2-4-3;;/h7,10H,5-6,8H2,1-4H3;2*6,9H,5,7H2,1-4H3;2*5,8-9H,4,6H2,1-3H3;4H,1H2,2-3H3;3H,2H2,1H3;1H;/q;;;;;-1;;;+2/p-1/t10-;2*9-;2*8-;;3-;;/m00000.0../s1. The van der Waals surface area contributed by atoms with E-state index in [-0.39, 0.29) is 59.9 Å². The predicted octanol–water partition coefficient (Wildman–Crippen LogP) is 11.0. The van der Waals surface area contributed by atoms with Gasteiger partial charge in [0.15, 0.2) is 0 Å². The van der Waals surface area contributed by atoms with Crippen molar-refractivity contribution in [3.63, 3.8) is 0 Å². The third-order valence-electron chi connectivity index (χ3n) is 8.02. The van der Waals surface area contributed by atoms with Crippen LogP contribution in [0.2, 0.25) is 0 Å². The first kappa shape index (κ1) is 81.1. The summed E-state index contributed by atoms with van der Waals surface area (Å²) in [5.74, 6) is 0.899. The Morgan fingerprint density at radius 2 is 0.785 bits per heavy atom. The zero-order chi connectivity index (χ0) is 50.8. The first-order valence-electron chi connectivity index (χ1n) is 23.0. The fourth-order valence-electron chi connectivity index (χ4n) is 4.09. The van der Waals surface area contributed by atoms with Gasteiger partial charge in [0.1, 0.15) is 0 Å². The summed E-state index contributed by atoms with van der Waals surface area (Å²) < 4.78 is 57.0. The van der Waals surface area contributed by atoms with Crippen LogP contribution in [0.4, 0.5) is 0 Å². The minimum Gasteiger partial charge on any atom is -1.00 e. The molecule has 6 atom stereocenters. The Labute approximate surface area is 427 Å². The number of hydrogen-bond donors (Lipinski definition) is 2. The summed E-state index contributed by atoms with van der Waals surface area (Å²) in [6.07, 6.45) is 25.4. The molecule has 0 aromatic rings. The van der Waals surface area contributed by atoms with Gasteiger partial charge in [0.2, 0.25) is 0 Å². The largest absolute Gasteiger partial charge is 2.00 e. The molecule has 386 valence electrons. The zero-order valence-electron chi connectivity index (χ0n) is 45.8. The Hall–Kier alpha value is -0.934. The molecule has 2 N–H and O–H groups in total. The van der Waals surface area contributed by atoms with Crippen molar-refractivity contribution >= 4 is 43.3 Å². The van der Waals surface area contributed by atoms with Gasteiger partial charge in [0.25, 0.3) is 20.2 Å². The summed E-state index contributed by atoms with van der Waals surface area (Å²) in [7, 11) is -6.59. The number of epoxide rings is 1. The van der Waals surface area contributed by atoms with Crippen molar-refractivity contribution in [2.45, 2.75) is 233 Å². The second-order valence-electron chi connectivity index (χ2n) is 18.2. The summed E-state index contributed by atoms with van der Waals surface area (Å²) in [4.78, 5) is 0. The quantitative estimate of drug-likeness (QED) is 0.0401. The number of halogens is 1. The van der Waals surface area contributed by atoms with Crippen molar-refractivity contribution in [2.75, 3.05) is 19.1 Å². The molecule has 65 heavy (non-hydrogen) atoms. The molecule has 13 heteroatoms. The van der Waals surface area contributed by atoms with Crippen LogP contribution in [0.15, 0.2) is 69.9 Å². The molecule has 0 aliphatic carbocycles. The van der Waals surface area contributed by atoms with Crippen molar-refractivity contribution in [1.82, 2.24) is 0 Å². The number of rotatable bonds is 20. The average Bonchev–Trinajstić information content (AvgIpc) is 3.89. The van der Waals surface area contributed by atoms with Crippen LogP contribution in [0, 0.1) is 12.8 Å². The molecule has 0 bridgehead atoms. The number of allylic oxidation sites excluding steroid dienone is 12. The molecule has 1 fully saturated rings. The maximum absolute atomic E-state index is 10.7. The van der Waals surface area contributed by atoms with Crippen LogP contribution in [0.3, 0.4) is 0 Å². The summed E-state index contributed by atoms with van der Waals surface area (Å²) >= 11 is 0. The first-order valence-corrected chi connectivity index (χ1v) is 26.7. The van der Waals surface area contributed by atoms with Crippen molar-refractivity contribution < 1.29 is 52.6 Å². The van der Waals surface area contributed by atoms with Crippen molar-refractivity contribution in [1.29, 1.82) is 0 Å². The minimum absolute atomic E-state index is 0. The first-order chi connectivity index (χ1) is 28.7. The molecule has 0 spiro atoms. The smallest absolute Gasteiger partial charge is 1.00 e. The Bertz CT molecular complexity index is 1370. The molecule has 0 aromatic heterocycles. The topological polar surface area (TPSA) is 140 Å². The normalized spacial score (nSPS) is 14.0. The van der Waals surface area contributed by atoms with Gasteiger partial charge in [-0.2, -0.15) is 16.8 Å². The number of aliphatic hydroxyl groups is 2. The van der Waals surface area contributed by atoms with E-state index < -0.39 is 20.2 Å². The predicted molar refractivity (Wildman–Crippen MR) is 283 cm³/mol. The molecule has 1 aliphatic rings. The van der Waals surface area contributed by atoms with Crippen LogP contribution in [0.5, 0.6) is 0 Å². The van der Waals surface area contributed by atoms with Gasteiger partial charge in [0, 0.05) is 0 Å². The monoisotopic (exact) mass is 995 g/mol. The van der Waals surface area contributed by atoms with E-state index in [1.54, 1.807) is 13.8 Å². The molecule has 1 heterocycles. The van der Waals surface area contributed by atoms with Crippen molar-refractivity contribution in [2.24, 2.45) is 5.92 Å². The number of aliphatic hydroxyl groups excluding tert-OH is 2. The maximum Gasteiger partial charge on any atom is 2.00 e. The minimum atomic E-state index is -3.29. The molecule has 0 radical (unpaired) electrons. The summed E-state index contributed by atoms with van der Waals surface area (Å²) in [6, 6.07) is 0. The Kier molecular flexibility index (Phi) is 65.4. The summed E-state index contributed by atoms with van der Waals surface area (Å²) in [6.45, 7) is 43.0. The van der Waals surface area contributed by atoms with Gasteiger partial charge in [0.05, 0.1) is 49.6 Å². The second kappa shape index (κ2) is 52.4. The Balaban J connectivity index is -0.0000000991. The van der Waals surface area contributed by atoms with E-state index in [1.807, 2.05) is 61.5 Å². The summed E-state index contributed by atoms with van der Waals surface area (Å²) in [5, 5.41) is 17.7. The molecule has 0 amide bonds. The van der Waals surface area contributed by atoms with E-state index in [2.05, 4.69) is 99.6 Å². The van der Waals surface area contributed by atoms with E-state index in [1.165, 1.54) is 52.7 Å². The zero-order valence-corrected chi connectivity index (χ0v) is 49.6. The molecular weight excluding hydrogens is 892 g/mol. The Morgan fingerprint density at radius 3 is 0.938 bits per heavy atom. The van der Waals surface area contributed by atoms with E-state index in [0.717, 1.165) is 76.4 Å². The van der Waals surface area contributed by atoms with Gasteiger partial charge >= 0.3 is 23.1 Å². The molecule has 0 unspecified atom stereocenters. The van der Waals surface area contributed by atoms with Gasteiger partial charge in [-0.1, -0.05) is 78.5 Å². The van der Waals surface area contributed by atoms with Gasteiger partial charge in [-0.25, -0.2) is 18.6 Å². The third-order valence-corrected chi connectivity index (χ3v) is 9.38. The fraction of sp³-hybridized carbons (Fsp3) is 0.750. The van der Waals surface area contributed by atoms with Crippen LogP contribution in [0.1, 0.15) is 202 Å². The van der Waals surface area contributed by atoms with E-state index in [0.29, 0.717) is 6.10 Å². The average molecular weight is 996 g/mol. The summed E-state index contributed by atoms with van der Waals surface area (Å²) in [5.41, 5.74) is 7.86. The third kappa shape index (κ3) is 111. The molecule has 9 nitrogen and oxygen atoms in total. The van der Waals surface area contributed by atoms with Gasteiger partial charge in [-0.05, 0) is 174 Å². The second-order valence-corrected chi connectivity index (χ2v) is 21.4.